The third-order valence-electron chi connectivity index (χ3n) is 2.05. The lowest BCUT2D eigenvalue weighted by atomic mass is 10.2. The number of rotatable bonds is 7. The van der Waals surface area contributed by atoms with Gasteiger partial charge in [0.05, 0.1) is 6.10 Å². The molecule has 0 aliphatic rings. The highest BCUT2D eigenvalue weighted by molar-refractivity contribution is 7.10. The fourth-order valence-corrected chi connectivity index (χ4v) is 1.96. The van der Waals surface area contributed by atoms with Crippen molar-refractivity contribution in [1.82, 2.24) is 5.32 Å². The number of hydrogen-bond donors (Lipinski definition) is 2. The van der Waals surface area contributed by atoms with Crippen molar-refractivity contribution in [3.63, 3.8) is 0 Å². The smallest absolute Gasteiger partial charge is 0.245 e. The van der Waals surface area contributed by atoms with Crippen LogP contribution in [0.3, 0.4) is 0 Å². The lowest BCUT2D eigenvalue weighted by Crippen LogP contribution is -2.29. The number of carbonyl (C=O) groups excluding carboxylic acids is 1. The average Bonchev–Trinajstić information content (AvgIpc) is 2.79. The van der Waals surface area contributed by atoms with E-state index in [1.807, 2.05) is 24.4 Å². The number of aliphatic hydroxyl groups excluding tert-OH is 1. The van der Waals surface area contributed by atoms with Gasteiger partial charge in [-0.05, 0) is 24.8 Å². The zero-order valence-electron chi connectivity index (χ0n) is 9.31. The van der Waals surface area contributed by atoms with Crippen LogP contribution in [0, 0.1) is 0 Å². The van der Waals surface area contributed by atoms with Crippen LogP contribution < -0.4 is 5.32 Å². The minimum atomic E-state index is -0.493. The maximum Gasteiger partial charge on any atom is 0.245 e. The minimum Gasteiger partial charge on any atom is -0.388 e. The summed E-state index contributed by atoms with van der Waals surface area (Å²) in [6, 6.07) is 3.79. The van der Waals surface area contributed by atoms with E-state index < -0.39 is 6.10 Å². The molecule has 0 aliphatic carbocycles. The second-order valence-electron chi connectivity index (χ2n) is 3.31. The standard InChI is InChI=1S/C11H17NO3S/c1-2-15-8-11(14)12-6-5-9(13)10-4-3-7-16-10/h3-4,7,9,13H,2,5-6,8H2,1H3,(H,12,14). The Morgan fingerprint density at radius 3 is 3.12 bits per heavy atom. The fourth-order valence-electron chi connectivity index (χ4n) is 1.22. The van der Waals surface area contributed by atoms with Gasteiger partial charge < -0.3 is 15.2 Å². The van der Waals surface area contributed by atoms with Gasteiger partial charge in [0, 0.05) is 18.0 Å². The highest BCUT2D eigenvalue weighted by atomic mass is 32.1. The minimum absolute atomic E-state index is 0.0889. The zero-order chi connectivity index (χ0) is 11.8. The first-order valence-electron chi connectivity index (χ1n) is 5.30. The quantitative estimate of drug-likeness (QED) is 0.759. The van der Waals surface area contributed by atoms with Gasteiger partial charge in [0.1, 0.15) is 6.61 Å². The Kier molecular flexibility index (Phi) is 6.07. The normalized spacial score (nSPS) is 12.4. The maximum atomic E-state index is 11.2. The van der Waals surface area contributed by atoms with Gasteiger partial charge in [-0.15, -0.1) is 11.3 Å². The number of ether oxygens (including phenoxy) is 1. The summed E-state index contributed by atoms with van der Waals surface area (Å²) in [5, 5.41) is 14.3. The molecule has 0 fully saturated rings. The van der Waals surface area contributed by atoms with Crippen LogP contribution in [0.4, 0.5) is 0 Å². The van der Waals surface area contributed by atoms with Gasteiger partial charge in [-0.1, -0.05) is 6.07 Å². The van der Waals surface area contributed by atoms with Gasteiger partial charge in [-0.25, -0.2) is 0 Å². The van der Waals surface area contributed by atoms with E-state index in [4.69, 9.17) is 4.74 Å². The fraction of sp³-hybridized carbons (Fsp3) is 0.545. The number of nitrogens with one attached hydrogen (secondary N) is 1. The molecule has 1 atom stereocenters. The van der Waals surface area contributed by atoms with Gasteiger partial charge in [0.15, 0.2) is 0 Å². The van der Waals surface area contributed by atoms with E-state index in [1.165, 1.54) is 11.3 Å². The van der Waals surface area contributed by atoms with Gasteiger partial charge in [0.2, 0.25) is 5.91 Å². The number of thiophene rings is 1. The molecule has 0 bridgehead atoms. The Morgan fingerprint density at radius 1 is 1.69 bits per heavy atom. The van der Waals surface area contributed by atoms with Crippen LogP contribution in [0.2, 0.25) is 0 Å². The van der Waals surface area contributed by atoms with Crippen molar-refractivity contribution in [2.75, 3.05) is 19.8 Å². The van der Waals surface area contributed by atoms with Crippen molar-refractivity contribution >= 4 is 17.2 Å². The molecule has 4 nitrogen and oxygen atoms in total. The Hall–Kier alpha value is -0.910. The van der Waals surface area contributed by atoms with Crippen molar-refractivity contribution in [2.24, 2.45) is 0 Å². The van der Waals surface area contributed by atoms with Crippen molar-refractivity contribution in [1.29, 1.82) is 0 Å². The number of hydrogen-bond acceptors (Lipinski definition) is 4. The maximum absolute atomic E-state index is 11.2. The van der Waals surface area contributed by atoms with E-state index in [-0.39, 0.29) is 12.5 Å². The molecule has 2 N–H and O–H groups in total. The molecular formula is C11H17NO3S. The molecule has 0 radical (unpaired) electrons. The highest BCUT2D eigenvalue weighted by Crippen LogP contribution is 2.20. The molecule has 1 aromatic heterocycles. The molecular weight excluding hydrogens is 226 g/mol. The predicted molar refractivity (Wildman–Crippen MR) is 63.4 cm³/mol. The first-order valence-corrected chi connectivity index (χ1v) is 6.18. The van der Waals surface area contributed by atoms with Crippen molar-refractivity contribution in [3.05, 3.63) is 22.4 Å². The highest BCUT2D eigenvalue weighted by Gasteiger charge is 2.08. The van der Waals surface area contributed by atoms with Crippen LogP contribution in [0.5, 0.6) is 0 Å². The molecule has 1 unspecified atom stereocenters. The molecule has 16 heavy (non-hydrogen) atoms. The molecule has 1 heterocycles. The van der Waals surface area contributed by atoms with E-state index in [0.717, 1.165) is 4.88 Å². The monoisotopic (exact) mass is 243 g/mol. The second-order valence-corrected chi connectivity index (χ2v) is 4.29. The van der Waals surface area contributed by atoms with Crippen LogP contribution in [0.1, 0.15) is 24.3 Å². The summed E-state index contributed by atoms with van der Waals surface area (Å²) in [5.74, 6) is -0.139. The Labute approximate surface area is 99.2 Å². The van der Waals surface area contributed by atoms with Crippen molar-refractivity contribution in [3.8, 4) is 0 Å². The molecule has 0 spiro atoms. The first-order chi connectivity index (χ1) is 7.74. The molecule has 0 aliphatic heterocycles. The van der Waals surface area contributed by atoms with Crippen molar-refractivity contribution < 1.29 is 14.6 Å². The topological polar surface area (TPSA) is 58.6 Å². The van der Waals surface area contributed by atoms with Crippen molar-refractivity contribution in [2.45, 2.75) is 19.4 Å². The predicted octanol–water partition coefficient (Wildman–Crippen LogP) is 1.32. The summed E-state index contributed by atoms with van der Waals surface area (Å²) in [4.78, 5) is 12.1. The molecule has 0 saturated carbocycles. The number of aliphatic hydroxyl groups is 1. The molecule has 5 heteroatoms. The van der Waals surface area contributed by atoms with E-state index >= 15 is 0 Å². The summed E-state index contributed by atoms with van der Waals surface area (Å²) in [5.41, 5.74) is 0. The van der Waals surface area contributed by atoms with E-state index in [1.54, 1.807) is 0 Å². The van der Waals surface area contributed by atoms with Crippen LogP contribution in [-0.4, -0.2) is 30.8 Å². The Balaban J connectivity index is 2.13. The number of amides is 1. The Bertz CT molecular complexity index is 300. The second kappa shape index (κ2) is 7.38. The summed E-state index contributed by atoms with van der Waals surface area (Å²) in [6.07, 6.45) is 0.0330. The molecule has 1 rings (SSSR count). The zero-order valence-corrected chi connectivity index (χ0v) is 10.1. The molecule has 90 valence electrons. The molecule has 0 saturated heterocycles. The van der Waals surface area contributed by atoms with Gasteiger partial charge >= 0.3 is 0 Å². The van der Waals surface area contributed by atoms with Crippen LogP contribution in [0.25, 0.3) is 0 Å². The first kappa shape index (κ1) is 13.2. The van der Waals surface area contributed by atoms with Crippen LogP contribution in [0.15, 0.2) is 17.5 Å². The van der Waals surface area contributed by atoms with Gasteiger partial charge in [-0.2, -0.15) is 0 Å². The van der Waals surface area contributed by atoms with E-state index in [0.29, 0.717) is 19.6 Å². The molecule has 0 aromatic carbocycles. The summed E-state index contributed by atoms with van der Waals surface area (Å²) in [7, 11) is 0. The summed E-state index contributed by atoms with van der Waals surface area (Å²) in [6.45, 7) is 2.93. The molecule has 1 aromatic rings. The van der Waals surface area contributed by atoms with E-state index in [2.05, 4.69) is 5.32 Å². The SMILES string of the molecule is CCOCC(=O)NCCC(O)c1cccs1. The third kappa shape index (κ3) is 4.74. The lowest BCUT2D eigenvalue weighted by Gasteiger charge is -2.09. The number of carbonyl (C=O) groups is 1. The largest absolute Gasteiger partial charge is 0.388 e. The average molecular weight is 243 g/mol. The summed E-state index contributed by atoms with van der Waals surface area (Å²) >= 11 is 1.52. The van der Waals surface area contributed by atoms with Crippen LogP contribution in [-0.2, 0) is 9.53 Å². The van der Waals surface area contributed by atoms with E-state index in [9.17, 15) is 9.90 Å². The van der Waals surface area contributed by atoms with Crippen LogP contribution >= 0.6 is 11.3 Å². The van der Waals surface area contributed by atoms with Gasteiger partial charge in [0.25, 0.3) is 0 Å². The summed E-state index contributed by atoms with van der Waals surface area (Å²) < 4.78 is 4.95. The van der Waals surface area contributed by atoms with Gasteiger partial charge in [-0.3, -0.25) is 4.79 Å². The Morgan fingerprint density at radius 2 is 2.50 bits per heavy atom. The third-order valence-corrected chi connectivity index (χ3v) is 3.02. The molecule has 1 amide bonds. The lowest BCUT2D eigenvalue weighted by molar-refractivity contribution is -0.125.